The molecule has 0 radical (unpaired) electrons. The third kappa shape index (κ3) is 3.98. The van der Waals surface area contributed by atoms with Crippen LogP contribution >= 0.6 is 0 Å². The first kappa shape index (κ1) is 15.0. The van der Waals surface area contributed by atoms with Crippen LogP contribution in [0, 0.1) is 17.8 Å². The molecule has 2 N–H and O–H groups in total. The maximum absolute atomic E-state index is 12.1. The summed E-state index contributed by atoms with van der Waals surface area (Å²) in [7, 11) is 1.62. The van der Waals surface area contributed by atoms with Gasteiger partial charge in [0.05, 0.1) is 11.8 Å². The molecular formula is C13H23NO4. The lowest BCUT2D eigenvalue weighted by Gasteiger charge is -2.19. The van der Waals surface area contributed by atoms with Gasteiger partial charge in [-0.3, -0.25) is 9.59 Å². The first-order valence-corrected chi connectivity index (χ1v) is 6.47. The van der Waals surface area contributed by atoms with E-state index in [1.807, 2.05) is 13.8 Å². The predicted octanol–water partition coefficient (Wildman–Crippen LogP) is 1.27. The highest BCUT2D eigenvalue weighted by atomic mass is 16.5. The Kier molecular flexibility index (Phi) is 5.59. The van der Waals surface area contributed by atoms with E-state index in [2.05, 4.69) is 5.32 Å². The number of aliphatic carboxylic acids is 1. The average Bonchev–Trinajstić information content (AvgIpc) is 2.69. The lowest BCUT2D eigenvalue weighted by Crippen LogP contribution is -2.40. The topological polar surface area (TPSA) is 75.6 Å². The molecule has 0 heterocycles. The maximum Gasteiger partial charge on any atom is 0.307 e. The number of hydrogen-bond acceptors (Lipinski definition) is 3. The van der Waals surface area contributed by atoms with Crippen molar-refractivity contribution in [3.05, 3.63) is 0 Å². The SMILES string of the molecule is COCCC(C)NC(=O)[C@H]1CC(C)C[C@H]1C(=O)O. The first-order valence-electron chi connectivity index (χ1n) is 6.47. The number of carbonyl (C=O) groups excluding carboxylic acids is 1. The van der Waals surface area contributed by atoms with Gasteiger partial charge < -0.3 is 15.2 Å². The van der Waals surface area contributed by atoms with Crippen molar-refractivity contribution in [2.75, 3.05) is 13.7 Å². The van der Waals surface area contributed by atoms with Gasteiger partial charge in [-0.1, -0.05) is 6.92 Å². The maximum atomic E-state index is 12.1. The van der Waals surface area contributed by atoms with Crippen molar-refractivity contribution >= 4 is 11.9 Å². The third-order valence-electron chi connectivity index (χ3n) is 3.60. The fraction of sp³-hybridized carbons (Fsp3) is 0.846. The number of rotatable bonds is 6. The number of nitrogens with one attached hydrogen (secondary N) is 1. The quantitative estimate of drug-likeness (QED) is 0.751. The van der Waals surface area contributed by atoms with Crippen LogP contribution in [0.1, 0.15) is 33.1 Å². The summed E-state index contributed by atoms with van der Waals surface area (Å²) < 4.78 is 4.95. The van der Waals surface area contributed by atoms with E-state index in [1.165, 1.54) is 0 Å². The number of carboxylic acid groups (broad SMARTS) is 1. The molecule has 2 unspecified atom stereocenters. The van der Waals surface area contributed by atoms with Crippen LogP contribution in [0.2, 0.25) is 0 Å². The highest BCUT2D eigenvalue weighted by molar-refractivity contribution is 5.85. The van der Waals surface area contributed by atoms with Gasteiger partial charge in [-0.05, 0) is 32.1 Å². The van der Waals surface area contributed by atoms with E-state index in [4.69, 9.17) is 9.84 Å². The van der Waals surface area contributed by atoms with E-state index in [0.717, 1.165) is 6.42 Å². The molecule has 5 nitrogen and oxygen atoms in total. The van der Waals surface area contributed by atoms with E-state index >= 15 is 0 Å². The molecule has 18 heavy (non-hydrogen) atoms. The van der Waals surface area contributed by atoms with Crippen LogP contribution in [0.4, 0.5) is 0 Å². The second-order valence-electron chi connectivity index (χ2n) is 5.32. The van der Waals surface area contributed by atoms with Crippen molar-refractivity contribution in [1.82, 2.24) is 5.32 Å². The monoisotopic (exact) mass is 257 g/mol. The summed E-state index contributed by atoms with van der Waals surface area (Å²) in [6.45, 7) is 4.49. The molecule has 0 bridgehead atoms. The molecule has 1 aliphatic carbocycles. The van der Waals surface area contributed by atoms with Gasteiger partial charge in [0.1, 0.15) is 0 Å². The Labute approximate surface area is 108 Å². The van der Waals surface area contributed by atoms with Gasteiger partial charge in [0, 0.05) is 19.8 Å². The molecular weight excluding hydrogens is 234 g/mol. The summed E-state index contributed by atoms with van der Waals surface area (Å²) >= 11 is 0. The number of hydrogen-bond donors (Lipinski definition) is 2. The summed E-state index contributed by atoms with van der Waals surface area (Å²) in [6.07, 6.45) is 2.00. The van der Waals surface area contributed by atoms with Crippen molar-refractivity contribution < 1.29 is 19.4 Å². The Morgan fingerprint density at radius 1 is 1.39 bits per heavy atom. The minimum absolute atomic E-state index is 0.0165. The van der Waals surface area contributed by atoms with Gasteiger partial charge in [-0.2, -0.15) is 0 Å². The van der Waals surface area contributed by atoms with E-state index in [9.17, 15) is 9.59 Å². The molecule has 0 saturated heterocycles. The molecule has 0 aliphatic heterocycles. The summed E-state index contributed by atoms with van der Waals surface area (Å²) in [4.78, 5) is 23.2. The molecule has 1 saturated carbocycles. The Morgan fingerprint density at radius 3 is 2.56 bits per heavy atom. The highest BCUT2D eigenvalue weighted by Gasteiger charge is 2.41. The van der Waals surface area contributed by atoms with Gasteiger partial charge in [0.2, 0.25) is 5.91 Å². The minimum atomic E-state index is -0.857. The Balaban J connectivity index is 2.52. The van der Waals surface area contributed by atoms with Crippen LogP contribution in [0.15, 0.2) is 0 Å². The highest BCUT2D eigenvalue weighted by Crippen LogP contribution is 2.36. The Hall–Kier alpha value is -1.10. The lowest BCUT2D eigenvalue weighted by molar-refractivity contribution is -0.146. The number of amides is 1. The number of carbonyl (C=O) groups is 2. The molecule has 1 rings (SSSR count). The third-order valence-corrected chi connectivity index (χ3v) is 3.60. The molecule has 0 spiro atoms. The van der Waals surface area contributed by atoms with Crippen molar-refractivity contribution in [3.8, 4) is 0 Å². The molecule has 1 fully saturated rings. The number of carboxylic acids is 1. The number of ether oxygens (including phenoxy) is 1. The summed E-state index contributed by atoms with van der Waals surface area (Å²) in [5.41, 5.74) is 0. The zero-order valence-corrected chi connectivity index (χ0v) is 11.3. The summed E-state index contributed by atoms with van der Waals surface area (Å²) in [6, 6.07) is 0.0165. The van der Waals surface area contributed by atoms with Crippen LogP contribution < -0.4 is 5.32 Å². The van der Waals surface area contributed by atoms with Crippen molar-refractivity contribution in [2.45, 2.75) is 39.2 Å². The molecule has 0 aromatic rings. The minimum Gasteiger partial charge on any atom is -0.481 e. The van der Waals surface area contributed by atoms with Crippen LogP contribution in [-0.2, 0) is 14.3 Å². The van der Waals surface area contributed by atoms with Crippen molar-refractivity contribution in [1.29, 1.82) is 0 Å². The van der Waals surface area contributed by atoms with Gasteiger partial charge in [-0.25, -0.2) is 0 Å². The second-order valence-corrected chi connectivity index (χ2v) is 5.32. The Bertz CT molecular complexity index is 305. The van der Waals surface area contributed by atoms with Gasteiger partial charge in [0.15, 0.2) is 0 Å². The average molecular weight is 257 g/mol. The lowest BCUT2D eigenvalue weighted by atomic mass is 9.95. The summed E-state index contributed by atoms with van der Waals surface area (Å²) in [5.74, 6) is -1.60. The van der Waals surface area contributed by atoms with E-state index in [0.29, 0.717) is 25.4 Å². The van der Waals surface area contributed by atoms with Crippen LogP contribution in [0.5, 0.6) is 0 Å². The smallest absolute Gasteiger partial charge is 0.307 e. The zero-order valence-electron chi connectivity index (χ0n) is 11.3. The normalized spacial score (nSPS) is 28.9. The fourth-order valence-electron chi connectivity index (χ4n) is 2.57. The standard InChI is InChI=1S/C13H23NO4/c1-8-6-10(11(7-8)13(16)17)12(15)14-9(2)4-5-18-3/h8-11H,4-7H2,1-3H3,(H,14,15)(H,16,17)/t8?,9?,10-,11+/m0/s1. The van der Waals surface area contributed by atoms with Crippen molar-refractivity contribution in [2.24, 2.45) is 17.8 Å². The van der Waals surface area contributed by atoms with Gasteiger partial charge in [0.25, 0.3) is 0 Å². The second kappa shape index (κ2) is 6.73. The van der Waals surface area contributed by atoms with Crippen LogP contribution in [0.25, 0.3) is 0 Å². The van der Waals surface area contributed by atoms with Gasteiger partial charge in [-0.15, -0.1) is 0 Å². The molecule has 1 aliphatic rings. The Morgan fingerprint density at radius 2 is 2.00 bits per heavy atom. The van der Waals surface area contributed by atoms with E-state index < -0.39 is 11.9 Å². The predicted molar refractivity (Wildman–Crippen MR) is 67.1 cm³/mol. The molecule has 5 heteroatoms. The molecule has 4 atom stereocenters. The van der Waals surface area contributed by atoms with Gasteiger partial charge >= 0.3 is 5.97 Å². The van der Waals surface area contributed by atoms with E-state index in [-0.39, 0.29) is 17.9 Å². The molecule has 104 valence electrons. The first-order chi connectivity index (χ1) is 8.45. The van der Waals surface area contributed by atoms with Crippen LogP contribution in [0.3, 0.4) is 0 Å². The number of methoxy groups -OCH3 is 1. The van der Waals surface area contributed by atoms with Crippen molar-refractivity contribution in [3.63, 3.8) is 0 Å². The molecule has 0 aromatic heterocycles. The molecule has 1 amide bonds. The van der Waals surface area contributed by atoms with Crippen LogP contribution in [-0.4, -0.2) is 36.7 Å². The summed E-state index contributed by atoms with van der Waals surface area (Å²) in [5, 5.41) is 12.0. The molecule has 0 aromatic carbocycles. The zero-order chi connectivity index (χ0) is 13.7. The van der Waals surface area contributed by atoms with E-state index in [1.54, 1.807) is 7.11 Å². The fourth-order valence-corrected chi connectivity index (χ4v) is 2.57. The largest absolute Gasteiger partial charge is 0.481 e.